The summed E-state index contributed by atoms with van der Waals surface area (Å²) in [5.74, 6) is 2.31. The number of fused-ring (bicyclic) bond motifs is 1. The highest BCUT2D eigenvalue weighted by atomic mass is 16.1. The Morgan fingerprint density at radius 1 is 1.50 bits per heavy atom. The molecule has 1 heterocycles. The van der Waals surface area contributed by atoms with Crippen LogP contribution in [0.25, 0.3) is 10.9 Å². The molecule has 0 radical (unpaired) electrons. The molecule has 0 saturated heterocycles. The molecular weight excluding hydrogens is 200 g/mol. The molecule has 2 rings (SSSR count). The fraction of sp³-hybridized carbons (Fsp3) is 0.154. The van der Waals surface area contributed by atoms with Gasteiger partial charge in [-0.3, -0.25) is 4.79 Å². The van der Waals surface area contributed by atoms with E-state index in [0.29, 0.717) is 5.56 Å². The third-order valence-corrected chi connectivity index (χ3v) is 2.43. The molecule has 1 amide bonds. The number of terminal acetylenes is 1. The van der Waals surface area contributed by atoms with Gasteiger partial charge in [0.25, 0.3) is 5.91 Å². The number of hydrogen-bond acceptors (Lipinski definition) is 1. The zero-order valence-corrected chi connectivity index (χ0v) is 8.95. The second kappa shape index (κ2) is 4.11. The lowest BCUT2D eigenvalue weighted by atomic mass is 10.1. The highest BCUT2D eigenvalue weighted by Gasteiger charge is 2.12. The molecule has 1 aromatic carbocycles. The minimum Gasteiger partial charge on any atom is -0.360 e. The van der Waals surface area contributed by atoms with Crippen molar-refractivity contribution in [2.45, 2.75) is 13.0 Å². The maximum absolute atomic E-state index is 11.9. The van der Waals surface area contributed by atoms with Crippen LogP contribution in [-0.2, 0) is 0 Å². The molecule has 0 saturated carbocycles. The van der Waals surface area contributed by atoms with E-state index in [-0.39, 0.29) is 11.9 Å². The minimum atomic E-state index is -0.263. The summed E-state index contributed by atoms with van der Waals surface area (Å²) in [5, 5.41) is 3.64. The van der Waals surface area contributed by atoms with Gasteiger partial charge in [0.05, 0.1) is 11.6 Å². The number of benzene rings is 1. The lowest BCUT2D eigenvalue weighted by Gasteiger charge is -2.06. The Labute approximate surface area is 93.9 Å². The van der Waals surface area contributed by atoms with Gasteiger partial charge >= 0.3 is 0 Å². The van der Waals surface area contributed by atoms with Crippen LogP contribution >= 0.6 is 0 Å². The molecule has 0 bridgehead atoms. The maximum Gasteiger partial charge on any atom is 0.254 e. The topological polar surface area (TPSA) is 44.9 Å². The summed E-state index contributed by atoms with van der Waals surface area (Å²) in [5.41, 5.74) is 1.57. The van der Waals surface area contributed by atoms with E-state index in [1.54, 1.807) is 13.1 Å². The molecule has 16 heavy (non-hydrogen) atoms. The highest BCUT2D eigenvalue weighted by Crippen LogP contribution is 2.17. The normalized spacial score (nSPS) is 12.0. The molecule has 0 aliphatic rings. The van der Waals surface area contributed by atoms with Crippen LogP contribution < -0.4 is 5.32 Å². The summed E-state index contributed by atoms with van der Waals surface area (Å²) in [6, 6.07) is 7.39. The summed E-state index contributed by atoms with van der Waals surface area (Å²) in [4.78, 5) is 14.9. The zero-order valence-electron chi connectivity index (χ0n) is 8.95. The first-order chi connectivity index (χ1) is 7.72. The van der Waals surface area contributed by atoms with Gasteiger partial charge in [0, 0.05) is 17.1 Å². The highest BCUT2D eigenvalue weighted by molar-refractivity contribution is 6.06. The Kier molecular flexibility index (Phi) is 2.65. The molecule has 2 N–H and O–H groups in total. The molecule has 0 aliphatic carbocycles. The fourth-order valence-electron chi connectivity index (χ4n) is 1.58. The van der Waals surface area contributed by atoms with Crippen LogP contribution in [0.2, 0.25) is 0 Å². The monoisotopic (exact) mass is 212 g/mol. The smallest absolute Gasteiger partial charge is 0.254 e. The van der Waals surface area contributed by atoms with E-state index in [2.05, 4.69) is 16.2 Å². The quantitative estimate of drug-likeness (QED) is 0.734. The van der Waals surface area contributed by atoms with E-state index in [1.165, 1.54) is 0 Å². The van der Waals surface area contributed by atoms with E-state index in [4.69, 9.17) is 6.42 Å². The molecular formula is C13H12N2O. The number of nitrogens with one attached hydrogen (secondary N) is 2. The van der Waals surface area contributed by atoms with Crippen LogP contribution in [-0.4, -0.2) is 16.9 Å². The van der Waals surface area contributed by atoms with E-state index in [9.17, 15) is 4.79 Å². The van der Waals surface area contributed by atoms with Crippen LogP contribution in [0.5, 0.6) is 0 Å². The van der Waals surface area contributed by atoms with Gasteiger partial charge in [0.2, 0.25) is 0 Å². The first kappa shape index (κ1) is 10.3. The zero-order chi connectivity index (χ0) is 11.5. The van der Waals surface area contributed by atoms with E-state index in [0.717, 1.165) is 10.9 Å². The van der Waals surface area contributed by atoms with Crippen molar-refractivity contribution in [2.24, 2.45) is 0 Å². The summed E-state index contributed by atoms with van der Waals surface area (Å²) >= 11 is 0. The lowest BCUT2D eigenvalue weighted by molar-refractivity contribution is 0.0950. The van der Waals surface area contributed by atoms with Crippen molar-refractivity contribution in [3.05, 3.63) is 36.0 Å². The van der Waals surface area contributed by atoms with Gasteiger partial charge in [0.1, 0.15) is 0 Å². The number of carbonyl (C=O) groups is 1. The predicted octanol–water partition coefficient (Wildman–Crippen LogP) is 1.92. The predicted molar refractivity (Wildman–Crippen MR) is 64.1 cm³/mol. The number of carbonyl (C=O) groups excluding carboxylic acids is 1. The standard InChI is InChI=1S/C13H12N2O/c1-3-9(2)15-13(16)11-8-14-12-7-5-4-6-10(11)12/h1,4-9,14H,2H3,(H,15,16). The van der Waals surface area contributed by atoms with E-state index < -0.39 is 0 Å². The average Bonchev–Trinajstić information content (AvgIpc) is 2.72. The molecule has 0 aliphatic heterocycles. The van der Waals surface area contributed by atoms with Crippen molar-refractivity contribution in [1.82, 2.24) is 10.3 Å². The van der Waals surface area contributed by atoms with E-state index in [1.807, 2.05) is 24.3 Å². The Morgan fingerprint density at radius 3 is 3.00 bits per heavy atom. The Hall–Kier alpha value is -2.21. The number of amides is 1. The van der Waals surface area contributed by atoms with Gasteiger partial charge in [-0.05, 0) is 13.0 Å². The second-order valence-electron chi connectivity index (χ2n) is 3.61. The first-order valence-corrected chi connectivity index (χ1v) is 5.05. The number of aromatic nitrogens is 1. The van der Waals surface area contributed by atoms with Crippen molar-refractivity contribution < 1.29 is 4.79 Å². The summed E-state index contributed by atoms with van der Waals surface area (Å²) in [6.45, 7) is 1.77. The number of rotatable bonds is 2. The molecule has 80 valence electrons. The van der Waals surface area contributed by atoms with Gasteiger partial charge in [-0.2, -0.15) is 0 Å². The maximum atomic E-state index is 11.9. The summed E-state index contributed by atoms with van der Waals surface area (Å²) < 4.78 is 0. The Bertz CT molecular complexity index is 563. The molecule has 1 unspecified atom stereocenters. The molecule has 0 fully saturated rings. The number of aromatic amines is 1. The van der Waals surface area contributed by atoms with Crippen LogP contribution in [0, 0.1) is 12.3 Å². The first-order valence-electron chi connectivity index (χ1n) is 5.05. The van der Waals surface area contributed by atoms with Crippen molar-refractivity contribution in [2.75, 3.05) is 0 Å². The van der Waals surface area contributed by atoms with Gasteiger partial charge in [0.15, 0.2) is 0 Å². The third-order valence-electron chi connectivity index (χ3n) is 2.43. The summed E-state index contributed by atoms with van der Waals surface area (Å²) in [7, 11) is 0. The van der Waals surface area contributed by atoms with Crippen LogP contribution in [0.3, 0.4) is 0 Å². The Balaban J connectivity index is 2.34. The molecule has 1 aromatic heterocycles. The SMILES string of the molecule is C#CC(C)NC(=O)c1c[nH]c2ccccc12. The Morgan fingerprint density at radius 2 is 2.25 bits per heavy atom. The van der Waals surface area contributed by atoms with Crippen LogP contribution in [0.1, 0.15) is 17.3 Å². The second-order valence-corrected chi connectivity index (χ2v) is 3.61. The van der Waals surface area contributed by atoms with Crippen LogP contribution in [0.4, 0.5) is 0 Å². The number of hydrogen-bond donors (Lipinski definition) is 2. The van der Waals surface area contributed by atoms with Gasteiger partial charge < -0.3 is 10.3 Å². The van der Waals surface area contributed by atoms with E-state index >= 15 is 0 Å². The largest absolute Gasteiger partial charge is 0.360 e. The van der Waals surface area contributed by atoms with Crippen LogP contribution in [0.15, 0.2) is 30.5 Å². The van der Waals surface area contributed by atoms with Gasteiger partial charge in [-0.1, -0.05) is 24.1 Å². The summed E-state index contributed by atoms with van der Waals surface area (Å²) in [6.07, 6.45) is 6.91. The minimum absolute atomic E-state index is 0.150. The van der Waals surface area contributed by atoms with Crippen molar-refractivity contribution in [3.63, 3.8) is 0 Å². The van der Waals surface area contributed by atoms with Crippen molar-refractivity contribution in [3.8, 4) is 12.3 Å². The lowest BCUT2D eigenvalue weighted by Crippen LogP contribution is -2.31. The van der Waals surface area contributed by atoms with Crippen molar-refractivity contribution in [1.29, 1.82) is 0 Å². The van der Waals surface area contributed by atoms with Gasteiger partial charge in [-0.25, -0.2) is 0 Å². The molecule has 1 atom stereocenters. The molecule has 2 aromatic rings. The number of para-hydroxylation sites is 1. The number of H-pyrrole nitrogens is 1. The molecule has 0 spiro atoms. The van der Waals surface area contributed by atoms with Gasteiger partial charge in [-0.15, -0.1) is 6.42 Å². The molecule has 3 heteroatoms. The fourth-order valence-corrected chi connectivity index (χ4v) is 1.58. The molecule has 3 nitrogen and oxygen atoms in total. The average molecular weight is 212 g/mol. The van der Waals surface area contributed by atoms with Crippen molar-refractivity contribution >= 4 is 16.8 Å². The third kappa shape index (κ3) is 1.78.